The highest BCUT2D eigenvalue weighted by molar-refractivity contribution is 5.91. The van der Waals surface area contributed by atoms with Crippen LogP contribution in [0.3, 0.4) is 0 Å². The lowest BCUT2D eigenvalue weighted by atomic mass is 9.71. The Morgan fingerprint density at radius 2 is 1.67 bits per heavy atom. The maximum Gasteiger partial charge on any atom is 0.408 e. The number of carbonyl (C=O) groups excluding carboxylic acids is 1. The van der Waals surface area contributed by atoms with Gasteiger partial charge in [0, 0.05) is 42.5 Å². The second-order valence-electron chi connectivity index (χ2n) is 14.2. The number of morpholine rings is 1. The number of pyridine rings is 1. The van der Waals surface area contributed by atoms with Crippen molar-refractivity contribution in [2.45, 2.75) is 57.7 Å². The zero-order valence-corrected chi connectivity index (χ0v) is 28.3. The largest absolute Gasteiger partial charge is 0.444 e. The average Bonchev–Trinajstić information content (AvgIpc) is 3.41. The lowest BCUT2D eigenvalue weighted by Gasteiger charge is -2.43. The van der Waals surface area contributed by atoms with Gasteiger partial charge in [-0.25, -0.2) is 14.8 Å². The number of alkyl carbamates (subject to hydrolysis) is 1. The molecule has 5 aromatic rings. The van der Waals surface area contributed by atoms with Gasteiger partial charge in [0.25, 0.3) is 0 Å². The molecule has 0 radical (unpaired) electrons. The van der Waals surface area contributed by atoms with Crippen LogP contribution in [0.1, 0.15) is 51.2 Å². The molecule has 250 valence electrons. The molecule has 9 nitrogen and oxygen atoms in total. The maximum absolute atomic E-state index is 12.9. The van der Waals surface area contributed by atoms with E-state index < -0.39 is 11.1 Å². The van der Waals surface area contributed by atoms with Crippen molar-refractivity contribution in [3.05, 3.63) is 102 Å². The molecule has 0 atom stereocenters. The average molecular weight is 655 g/mol. The summed E-state index contributed by atoms with van der Waals surface area (Å²) in [5.41, 5.74) is 8.19. The quantitative estimate of drug-likeness (QED) is 0.188. The molecule has 3 aromatic carbocycles. The molecule has 2 aromatic heterocycles. The molecule has 1 saturated carbocycles. The van der Waals surface area contributed by atoms with Gasteiger partial charge in [-0.3, -0.25) is 9.47 Å². The zero-order chi connectivity index (χ0) is 33.6. The minimum Gasteiger partial charge on any atom is -0.444 e. The van der Waals surface area contributed by atoms with Crippen molar-refractivity contribution in [2.24, 2.45) is 0 Å². The minimum absolute atomic E-state index is 0.382. The van der Waals surface area contributed by atoms with Crippen molar-refractivity contribution in [3.63, 3.8) is 0 Å². The number of ether oxygens (including phenoxy) is 2. The highest BCUT2D eigenvalue weighted by Gasteiger charge is 2.41. The number of nitrogens with one attached hydrogen (secondary N) is 2. The zero-order valence-electron chi connectivity index (χ0n) is 28.3. The predicted molar refractivity (Wildman–Crippen MR) is 192 cm³/mol. The fourth-order valence-corrected chi connectivity index (χ4v) is 7.14. The number of hydrogen-bond donors (Lipinski definition) is 2. The summed E-state index contributed by atoms with van der Waals surface area (Å²) in [7, 11) is 0. The molecule has 0 unspecified atom stereocenters. The van der Waals surface area contributed by atoms with Gasteiger partial charge in [-0.15, -0.1) is 0 Å². The number of imidazole rings is 1. The van der Waals surface area contributed by atoms with E-state index in [9.17, 15) is 4.79 Å². The van der Waals surface area contributed by atoms with Crippen LogP contribution < -0.4 is 10.6 Å². The number of fused-ring (bicyclic) bond motifs is 5. The third kappa shape index (κ3) is 6.09. The van der Waals surface area contributed by atoms with Gasteiger partial charge in [0.05, 0.1) is 41.5 Å². The second-order valence-corrected chi connectivity index (χ2v) is 14.2. The normalized spacial score (nSPS) is 16.6. The van der Waals surface area contributed by atoms with Gasteiger partial charge in [-0.2, -0.15) is 0 Å². The lowest BCUT2D eigenvalue weighted by molar-refractivity contribution is 0.0341. The van der Waals surface area contributed by atoms with E-state index in [2.05, 4.69) is 86.8 Å². The number of rotatable bonds is 6. The number of nitrogens with zero attached hydrogens (tertiary/aromatic N) is 4. The Hall–Kier alpha value is -4.99. The first kappa shape index (κ1) is 31.3. The Labute approximate surface area is 287 Å². The molecule has 4 heterocycles. The number of hydrogen-bond acceptors (Lipinski definition) is 7. The van der Waals surface area contributed by atoms with Gasteiger partial charge in [0.15, 0.2) is 5.82 Å². The molecule has 1 aliphatic carbocycles. The molecule has 1 amide bonds. The summed E-state index contributed by atoms with van der Waals surface area (Å²) in [6.45, 7) is 10.0. The third-order valence-electron chi connectivity index (χ3n) is 9.72. The molecule has 9 heteroatoms. The van der Waals surface area contributed by atoms with Gasteiger partial charge in [-0.05, 0) is 75.4 Å². The van der Waals surface area contributed by atoms with Crippen LogP contribution in [0.15, 0.2) is 91.1 Å². The van der Waals surface area contributed by atoms with Gasteiger partial charge in [-0.1, -0.05) is 60.7 Å². The summed E-state index contributed by atoms with van der Waals surface area (Å²) >= 11 is 0. The molecule has 0 spiro atoms. The van der Waals surface area contributed by atoms with E-state index in [4.69, 9.17) is 19.4 Å². The van der Waals surface area contributed by atoms with Crippen molar-refractivity contribution >= 4 is 17.6 Å². The highest BCUT2D eigenvalue weighted by Crippen LogP contribution is 2.46. The summed E-state index contributed by atoms with van der Waals surface area (Å²) in [5.74, 6) is 1.62. The first-order chi connectivity index (χ1) is 23.8. The topological polar surface area (TPSA) is 93.5 Å². The number of anilines is 2. The number of para-hydroxylation sites is 1. The van der Waals surface area contributed by atoms with Crippen molar-refractivity contribution in [1.29, 1.82) is 0 Å². The van der Waals surface area contributed by atoms with E-state index in [1.165, 1.54) is 5.56 Å². The molecule has 0 bridgehead atoms. The summed E-state index contributed by atoms with van der Waals surface area (Å²) in [5, 5.41) is 6.77. The first-order valence-electron chi connectivity index (χ1n) is 17.2. The van der Waals surface area contributed by atoms with E-state index in [-0.39, 0.29) is 6.09 Å². The Morgan fingerprint density at radius 1 is 0.939 bits per heavy atom. The summed E-state index contributed by atoms with van der Waals surface area (Å²) in [6, 6.07) is 29.8. The van der Waals surface area contributed by atoms with Crippen molar-refractivity contribution < 1.29 is 14.3 Å². The second kappa shape index (κ2) is 12.5. The summed E-state index contributed by atoms with van der Waals surface area (Å²) in [6.07, 6.45) is 4.23. The smallest absolute Gasteiger partial charge is 0.408 e. The molecular formula is C40H42N6O3. The molecular weight excluding hydrogens is 612 g/mol. The Bertz CT molecular complexity index is 1980. The Morgan fingerprint density at radius 3 is 2.39 bits per heavy atom. The minimum atomic E-state index is -0.561. The van der Waals surface area contributed by atoms with Gasteiger partial charge < -0.3 is 20.1 Å². The number of amides is 1. The number of carbonyl (C=O) groups is 1. The van der Waals surface area contributed by atoms with E-state index >= 15 is 0 Å². The van der Waals surface area contributed by atoms with Crippen LogP contribution in [-0.4, -0.2) is 57.4 Å². The van der Waals surface area contributed by atoms with Crippen LogP contribution in [0.2, 0.25) is 0 Å². The Kier molecular flexibility index (Phi) is 7.96. The lowest BCUT2D eigenvalue weighted by Crippen LogP contribution is -2.52. The first-order valence-corrected chi connectivity index (χ1v) is 17.2. The van der Waals surface area contributed by atoms with Crippen molar-refractivity contribution in [3.8, 4) is 39.6 Å². The van der Waals surface area contributed by atoms with Crippen LogP contribution in [0.25, 0.3) is 39.6 Å². The van der Waals surface area contributed by atoms with Crippen LogP contribution >= 0.6 is 0 Å². The monoisotopic (exact) mass is 654 g/mol. The van der Waals surface area contributed by atoms with Gasteiger partial charge in [0.2, 0.25) is 0 Å². The fourth-order valence-electron chi connectivity index (χ4n) is 7.14. The van der Waals surface area contributed by atoms with Gasteiger partial charge in [0.1, 0.15) is 11.4 Å². The predicted octanol–water partition coefficient (Wildman–Crippen LogP) is 8.06. The standard InChI is InChI=1S/C40H42N6O3/c1-39(2,3)49-38(47)44-40(19-7-20-40)30-17-15-29(16-18-30)35-34(28-13-11-27(12-14-28)26-45-22-24-48-25-23-45)43-37-31-8-4-5-9-32(31)42-36-33(46(35)37)10-6-21-41-36/h4-6,8-18,21H,7,19-20,22-26H2,1-3H3,(H,41,42)(H,44,47). The van der Waals surface area contributed by atoms with Crippen molar-refractivity contribution in [2.75, 3.05) is 31.6 Å². The molecule has 2 aliphatic heterocycles. The number of benzene rings is 3. The molecule has 3 aliphatic rings. The van der Waals surface area contributed by atoms with Crippen LogP contribution in [0.4, 0.5) is 16.3 Å². The highest BCUT2D eigenvalue weighted by atomic mass is 16.6. The van der Waals surface area contributed by atoms with E-state index in [1.807, 2.05) is 45.2 Å². The third-order valence-corrected chi connectivity index (χ3v) is 9.72. The molecule has 8 rings (SSSR count). The number of aromatic nitrogens is 3. The molecule has 2 fully saturated rings. The van der Waals surface area contributed by atoms with E-state index in [0.29, 0.717) is 0 Å². The molecule has 49 heavy (non-hydrogen) atoms. The maximum atomic E-state index is 12.9. The van der Waals surface area contributed by atoms with Gasteiger partial charge >= 0.3 is 6.09 Å². The van der Waals surface area contributed by atoms with Crippen molar-refractivity contribution in [1.82, 2.24) is 24.8 Å². The van der Waals surface area contributed by atoms with Crippen LogP contribution in [-0.2, 0) is 21.6 Å². The van der Waals surface area contributed by atoms with E-state index in [0.717, 1.165) is 109 Å². The fraction of sp³-hybridized carbons (Fsp3) is 0.325. The SMILES string of the molecule is CC(C)(C)OC(=O)NC1(c2ccc(-c3c(-c4ccc(CN5CCOCC5)cc4)nc4n3-c3cccnc3Nc3ccccc3-4)cc2)CCC1. The van der Waals surface area contributed by atoms with Crippen LogP contribution in [0, 0.1) is 0 Å². The van der Waals surface area contributed by atoms with E-state index in [1.54, 1.807) is 0 Å². The molecule has 2 N–H and O–H groups in total. The Balaban J connectivity index is 1.23. The van der Waals surface area contributed by atoms with Crippen LogP contribution in [0.5, 0.6) is 0 Å². The molecule has 1 saturated heterocycles. The summed E-state index contributed by atoms with van der Waals surface area (Å²) in [4.78, 5) is 25.5. The summed E-state index contributed by atoms with van der Waals surface area (Å²) < 4.78 is 13.4.